The minimum absolute atomic E-state index is 0.00715. The van der Waals surface area contributed by atoms with Crippen molar-refractivity contribution >= 4 is 11.9 Å². The van der Waals surface area contributed by atoms with Crippen LogP contribution in [0.25, 0.3) is 0 Å². The molecule has 3 saturated heterocycles. The summed E-state index contributed by atoms with van der Waals surface area (Å²) in [6.07, 6.45) is 2.08. The van der Waals surface area contributed by atoms with E-state index >= 15 is 0 Å². The number of esters is 2. The summed E-state index contributed by atoms with van der Waals surface area (Å²) in [5, 5.41) is 0. The van der Waals surface area contributed by atoms with Crippen LogP contribution in [0, 0.1) is 5.41 Å². The van der Waals surface area contributed by atoms with E-state index in [2.05, 4.69) is 11.9 Å². The zero-order chi connectivity index (χ0) is 20.1. The number of fused-ring (bicyclic) bond motifs is 5. The quantitative estimate of drug-likeness (QED) is 0.571. The van der Waals surface area contributed by atoms with Crippen LogP contribution in [0.15, 0.2) is 30.3 Å². The minimum atomic E-state index is -0.615. The normalized spacial score (nSPS) is 32.4. The first kappa shape index (κ1) is 19.4. The second-order valence-corrected chi connectivity index (χ2v) is 9.21. The highest BCUT2D eigenvalue weighted by molar-refractivity contribution is 5.80. The van der Waals surface area contributed by atoms with Gasteiger partial charge in [-0.05, 0) is 33.4 Å². The molecule has 6 nitrogen and oxygen atoms in total. The molecule has 2 bridgehead atoms. The average Bonchev–Trinajstić information content (AvgIpc) is 3.40. The highest BCUT2D eigenvalue weighted by Crippen LogP contribution is 2.48. The highest BCUT2D eigenvalue weighted by atomic mass is 16.6. The lowest BCUT2D eigenvalue weighted by atomic mass is 9.96. The van der Waals surface area contributed by atoms with Gasteiger partial charge in [-0.3, -0.25) is 14.5 Å². The van der Waals surface area contributed by atoms with Crippen molar-refractivity contribution in [2.24, 2.45) is 5.41 Å². The number of benzene rings is 1. The molecule has 1 aromatic carbocycles. The fraction of sp³-hybridized carbons (Fsp3) is 0.636. The minimum Gasteiger partial charge on any atom is -0.464 e. The van der Waals surface area contributed by atoms with Gasteiger partial charge >= 0.3 is 11.9 Å². The van der Waals surface area contributed by atoms with Gasteiger partial charge in [0.25, 0.3) is 0 Å². The van der Waals surface area contributed by atoms with Crippen LogP contribution in [0.1, 0.15) is 45.1 Å². The molecule has 1 aromatic rings. The maximum absolute atomic E-state index is 13.0. The lowest BCUT2D eigenvalue weighted by molar-refractivity contribution is -0.161. The van der Waals surface area contributed by atoms with Gasteiger partial charge in [0, 0.05) is 24.9 Å². The van der Waals surface area contributed by atoms with Crippen molar-refractivity contribution in [2.75, 3.05) is 13.7 Å². The first-order valence-electron chi connectivity index (χ1n) is 10.1. The molecule has 0 amide bonds. The Hall–Kier alpha value is -1.92. The summed E-state index contributed by atoms with van der Waals surface area (Å²) < 4.78 is 17.1. The van der Waals surface area contributed by atoms with Crippen LogP contribution in [0.5, 0.6) is 0 Å². The smallest absolute Gasteiger partial charge is 0.317 e. The number of hydrogen-bond acceptors (Lipinski definition) is 6. The molecule has 0 N–H and O–H groups in total. The monoisotopic (exact) mass is 387 g/mol. The number of hydrogen-bond donors (Lipinski definition) is 0. The van der Waals surface area contributed by atoms with E-state index in [1.807, 2.05) is 30.3 Å². The molecule has 1 unspecified atom stereocenters. The summed E-state index contributed by atoms with van der Waals surface area (Å²) in [7, 11) is 2.13. The van der Waals surface area contributed by atoms with Crippen molar-refractivity contribution < 1.29 is 23.8 Å². The highest BCUT2D eigenvalue weighted by Gasteiger charge is 2.62. The maximum atomic E-state index is 13.0. The van der Waals surface area contributed by atoms with Gasteiger partial charge in [0.05, 0.1) is 5.41 Å². The molecule has 3 heterocycles. The molecule has 28 heavy (non-hydrogen) atoms. The molecule has 0 aliphatic carbocycles. The standard InChI is InChI=1S/C22H29NO5/c1-22(2,3)21(25)26-12-15(13-8-6-5-7-9-13)20(24)27-14-10-16-18-19(28-18)17(11-14)23(16)4/h5-9,14-19H,10-12H2,1-4H3/t14?,15-,16-,17+,18-,19+/m1/s1. The van der Waals surface area contributed by atoms with Crippen LogP contribution in [0.4, 0.5) is 0 Å². The Balaban J connectivity index is 1.42. The third-order valence-corrected chi connectivity index (χ3v) is 6.14. The molecule has 6 atom stereocenters. The van der Waals surface area contributed by atoms with Gasteiger partial charge < -0.3 is 14.2 Å². The van der Waals surface area contributed by atoms with Crippen LogP contribution < -0.4 is 0 Å². The summed E-state index contributed by atoms with van der Waals surface area (Å²) in [4.78, 5) is 27.6. The van der Waals surface area contributed by atoms with E-state index in [1.165, 1.54) is 0 Å². The van der Waals surface area contributed by atoms with E-state index in [9.17, 15) is 9.59 Å². The SMILES string of the molecule is CN1[C@@H]2CC(OC(=O)[C@H](COC(=O)C(C)(C)C)c3ccccc3)C[C@H]1[C@@H]1O[C@@H]12. The molecule has 3 aliphatic rings. The topological polar surface area (TPSA) is 68.4 Å². The van der Waals surface area contributed by atoms with Crippen LogP contribution in [-0.4, -0.2) is 60.9 Å². The molecular weight excluding hydrogens is 358 g/mol. The van der Waals surface area contributed by atoms with Gasteiger partial charge in [0.2, 0.25) is 0 Å². The maximum Gasteiger partial charge on any atom is 0.317 e. The van der Waals surface area contributed by atoms with Gasteiger partial charge in [-0.25, -0.2) is 0 Å². The molecule has 4 rings (SSSR count). The Bertz CT molecular complexity index is 725. The van der Waals surface area contributed by atoms with E-state index in [0.29, 0.717) is 24.3 Å². The number of piperidine rings is 1. The molecule has 0 aromatic heterocycles. The zero-order valence-electron chi connectivity index (χ0n) is 17.0. The van der Waals surface area contributed by atoms with Gasteiger partial charge in [-0.15, -0.1) is 0 Å². The number of carbonyl (C=O) groups excluding carboxylic acids is 2. The summed E-state index contributed by atoms with van der Waals surface area (Å²) in [6, 6.07) is 10.1. The van der Waals surface area contributed by atoms with Crippen molar-refractivity contribution in [3.8, 4) is 0 Å². The number of morpholine rings is 1. The average molecular weight is 387 g/mol. The Morgan fingerprint density at radius 2 is 1.75 bits per heavy atom. The Morgan fingerprint density at radius 3 is 2.32 bits per heavy atom. The van der Waals surface area contributed by atoms with Crippen LogP contribution in [-0.2, 0) is 23.8 Å². The molecule has 0 saturated carbocycles. The molecular formula is C22H29NO5. The molecule has 152 valence electrons. The van der Waals surface area contributed by atoms with Crippen molar-refractivity contribution in [2.45, 2.75) is 69.9 Å². The van der Waals surface area contributed by atoms with Crippen molar-refractivity contribution in [3.63, 3.8) is 0 Å². The van der Waals surface area contributed by atoms with E-state index in [4.69, 9.17) is 14.2 Å². The van der Waals surface area contributed by atoms with Gasteiger partial charge in [-0.1, -0.05) is 30.3 Å². The van der Waals surface area contributed by atoms with Crippen molar-refractivity contribution in [1.29, 1.82) is 0 Å². The molecule has 0 radical (unpaired) electrons. The lowest BCUT2D eigenvalue weighted by Crippen LogP contribution is -2.48. The van der Waals surface area contributed by atoms with Crippen LogP contribution in [0.3, 0.4) is 0 Å². The van der Waals surface area contributed by atoms with Crippen molar-refractivity contribution in [1.82, 2.24) is 4.90 Å². The van der Waals surface area contributed by atoms with Crippen LogP contribution in [0.2, 0.25) is 0 Å². The second-order valence-electron chi connectivity index (χ2n) is 9.21. The Labute approximate surface area is 166 Å². The number of nitrogens with zero attached hydrogens (tertiary/aromatic N) is 1. The largest absolute Gasteiger partial charge is 0.464 e. The van der Waals surface area contributed by atoms with Gasteiger partial charge in [0.1, 0.15) is 30.8 Å². The van der Waals surface area contributed by atoms with E-state index in [0.717, 1.165) is 18.4 Å². The fourth-order valence-corrected chi connectivity index (χ4v) is 4.40. The van der Waals surface area contributed by atoms with E-state index in [-0.39, 0.29) is 24.6 Å². The Kier molecular flexibility index (Phi) is 4.96. The summed E-state index contributed by atoms with van der Waals surface area (Å²) in [5.41, 5.74) is 0.190. The van der Waals surface area contributed by atoms with E-state index < -0.39 is 11.3 Å². The first-order chi connectivity index (χ1) is 13.3. The van der Waals surface area contributed by atoms with Gasteiger partial charge in [0.15, 0.2) is 0 Å². The predicted octanol–water partition coefficient (Wildman–Crippen LogP) is 2.52. The first-order valence-corrected chi connectivity index (χ1v) is 10.1. The number of rotatable bonds is 5. The lowest BCUT2D eigenvalue weighted by Gasteiger charge is -2.38. The molecule has 3 aliphatic heterocycles. The molecule has 3 fully saturated rings. The van der Waals surface area contributed by atoms with Gasteiger partial charge in [-0.2, -0.15) is 0 Å². The number of carbonyl (C=O) groups is 2. The van der Waals surface area contributed by atoms with Crippen LogP contribution >= 0.6 is 0 Å². The summed E-state index contributed by atoms with van der Waals surface area (Å²) in [5.74, 6) is -1.26. The Morgan fingerprint density at radius 1 is 1.14 bits per heavy atom. The third-order valence-electron chi connectivity index (χ3n) is 6.14. The second kappa shape index (κ2) is 7.16. The van der Waals surface area contributed by atoms with Crippen molar-refractivity contribution in [3.05, 3.63) is 35.9 Å². The summed E-state index contributed by atoms with van der Waals surface area (Å²) >= 11 is 0. The van der Waals surface area contributed by atoms with E-state index in [1.54, 1.807) is 20.8 Å². The number of epoxide rings is 1. The zero-order valence-corrected chi connectivity index (χ0v) is 17.0. The number of likely N-dealkylation sites (N-methyl/N-ethyl adjacent to an activating group) is 1. The number of ether oxygens (including phenoxy) is 3. The fourth-order valence-electron chi connectivity index (χ4n) is 4.40. The third kappa shape index (κ3) is 3.67. The predicted molar refractivity (Wildman–Crippen MR) is 103 cm³/mol. The molecule has 6 heteroatoms. The summed E-state index contributed by atoms with van der Waals surface area (Å²) in [6.45, 7) is 5.39. The molecule has 0 spiro atoms.